The minimum atomic E-state index is -0.679. The highest BCUT2D eigenvalue weighted by molar-refractivity contribution is 5.13. The number of nitrogens with two attached hydrogens (primary N) is 1. The van der Waals surface area contributed by atoms with Gasteiger partial charge in [0.05, 0.1) is 12.3 Å². The van der Waals surface area contributed by atoms with Crippen LogP contribution in [-0.4, -0.2) is 22.7 Å². The molecule has 1 heterocycles. The van der Waals surface area contributed by atoms with Crippen LogP contribution in [0.3, 0.4) is 0 Å². The molecular weight excluding hydrogens is 159 g/mol. The van der Waals surface area contributed by atoms with Crippen molar-refractivity contribution >= 4 is 0 Å². The molecule has 66 valence electrons. The molecule has 0 saturated carbocycles. The van der Waals surface area contributed by atoms with Crippen molar-refractivity contribution in [2.24, 2.45) is 5.73 Å². The summed E-state index contributed by atoms with van der Waals surface area (Å²) >= 11 is 0. The Labute approximate surface area is 70.0 Å². The van der Waals surface area contributed by atoms with Crippen molar-refractivity contribution < 1.29 is 9.50 Å². The second-order valence-electron chi connectivity index (χ2n) is 2.56. The summed E-state index contributed by atoms with van der Waals surface area (Å²) in [4.78, 5) is 3.59. The van der Waals surface area contributed by atoms with Crippen LogP contribution in [0.4, 0.5) is 4.39 Å². The normalized spacial score (nSPS) is 12.9. The van der Waals surface area contributed by atoms with E-state index in [1.165, 1.54) is 12.3 Å². The topological polar surface area (TPSA) is 59.1 Å². The Morgan fingerprint density at radius 1 is 1.67 bits per heavy atom. The van der Waals surface area contributed by atoms with Gasteiger partial charge in [-0.3, -0.25) is 4.98 Å². The third-order valence-electron chi connectivity index (χ3n) is 1.58. The number of hydrogen-bond acceptors (Lipinski definition) is 3. The highest BCUT2D eigenvalue weighted by Crippen LogP contribution is 2.06. The minimum Gasteiger partial charge on any atom is -0.391 e. The first-order chi connectivity index (χ1) is 5.74. The molecule has 12 heavy (non-hydrogen) atoms. The molecule has 0 aliphatic rings. The number of aromatic nitrogens is 1. The van der Waals surface area contributed by atoms with Crippen molar-refractivity contribution in [1.29, 1.82) is 0 Å². The van der Waals surface area contributed by atoms with Gasteiger partial charge in [-0.2, -0.15) is 0 Å². The first-order valence-corrected chi connectivity index (χ1v) is 3.70. The van der Waals surface area contributed by atoms with Crippen LogP contribution in [0, 0.1) is 5.82 Å². The Kier molecular flexibility index (Phi) is 3.13. The fraction of sp³-hybridized carbons (Fsp3) is 0.375. The number of hydrogen-bond donors (Lipinski definition) is 2. The summed E-state index contributed by atoms with van der Waals surface area (Å²) < 4.78 is 12.9. The number of nitrogens with zero attached hydrogens (tertiary/aromatic N) is 1. The lowest BCUT2D eigenvalue weighted by Crippen LogP contribution is -2.22. The van der Waals surface area contributed by atoms with E-state index in [4.69, 9.17) is 10.8 Å². The SMILES string of the molecule is NCC(O)Cc1ccncc1F. The van der Waals surface area contributed by atoms with Gasteiger partial charge in [-0.1, -0.05) is 0 Å². The molecule has 1 aromatic heterocycles. The average Bonchev–Trinajstić information content (AvgIpc) is 2.09. The molecule has 3 N–H and O–H groups in total. The summed E-state index contributed by atoms with van der Waals surface area (Å²) in [5, 5.41) is 9.12. The molecule has 0 radical (unpaired) electrons. The first-order valence-electron chi connectivity index (χ1n) is 3.70. The Hall–Kier alpha value is -1.00. The molecule has 0 spiro atoms. The predicted octanol–water partition coefficient (Wildman–Crippen LogP) is 0.0828. The van der Waals surface area contributed by atoms with Crippen molar-refractivity contribution in [3.05, 3.63) is 29.8 Å². The van der Waals surface area contributed by atoms with E-state index in [0.717, 1.165) is 6.20 Å². The van der Waals surface area contributed by atoms with Gasteiger partial charge in [-0.05, 0) is 11.6 Å². The van der Waals surface area contributed by atoms with Crippen LogP contribution in [0.5, 0.6) is 0 Å². The average molecular weight is 170 g/mol. The smallest absolute Gasteiger partial charge is 0.144 e. The van der Waals surface area contributed by atoms with Crippen LogP contribution >= 0.6 is 0 Å². The largest absolute Gasteiger partial charge is 0.391 e. The standard InChI is InChI=1S/C8H11FN2O/c9-8-5-11-2-1-6(8)3-7(12)4-10/h1-2,5,7,12H,3-4,10H2. The predicted molar refractivity (Wildman–Crippen MR) is 43.0 cm³/mol. The molecule has 1 aromatic rings. The molecule has 3 nitrogen and oxygen atoms in total. The van der Waals surface area contributed by atoms with Crippen molar-refractivity contribution in [2.75, 3.05) is 6.54 Å². The molecule has 1 rings (SSSR count). The molecule has 0 fully saturated rings. The van der Waals surface area contributed by atoms with E-state index in [0.29, 0.717) is 5.56 Å². The van der Waals surface area contributed by atoms with E-state index in [-0.39, 0.29) is 13.0 Å². The van der Waals surface area contributed by atoms with Crippen molar-refractivity contribution in [3.63, 3.8) is 0 Å². The molecule has 1 unspecified atom stereocenters. The van der Waals surface area contributed by atoms with Gasteiger partial charge in [0.15, 0.2) is 0 Å². The van der Waals surface area contributed by atoms with E-state index < -0.39 is 11.9 Å². The van der Waals surface area contributed by atoms with E-state index in [9.17, 15) is 4.39 Å². The highest BCUT2D eigenvalue weighted by atomic mass is 19.1. The maximum Gasteiger partial charge on any atom is 0.144 e. The number of pyridine rings is 1. The number of aliphatic hydroxyl groups excluding tert-OH is 1. The fourth-order valence-electron chi connectivity index (χ4n) is 0.907. The maximum absolute atomic E-state index is 12.9. The second kappa shape index (κ2) is 4.13. The molecule has 4 heteroatoms. The first kappa shape index (κ1) is 9.09. The lowest BCUT2D eigenvalue weighted by molar-refractivity contribution is 0.182. The molecule has 0 aliphatic heterocycles. The van der Waals surface area contributed by atoms with Crippen LogP contribution in [0.25, 0.3) is 0 Å². The summed E-state index contributed by atoms with van der Waals surface area (Å²) in [7, 11) is 0. The lowest BCUT2D eigenvalue weighted by Gasteiger charge is -2.07. The van der Waals surface area contributed by atoms with Gasteiger partial charge in [0.25, 0.3) is 0 Å². The van der Waals surface area contributed by atoms with Crippen LogP contribution in [0.2, 0.25) is 0 Å². The minimum absolute atomic E-state index is 0.141. The van der Waals surface area contributed by atoms with Gasteiger partial charge >= 0.3 is 0 Å². The highest BCUT2D eigenvalue weighted by Gasteiger charge is 2.06. The molecule has 0 saturated heterocycles. The van der Waals surface area contributed by atoms with Gasteiger partial charge < -0.3 is 10.8 Å². The molecule has 0 amide bonds. The zero-order chi connectivity index (χ0) is 8.97. The molecule has 1 atom stereocenters. The number of rotatable bonds is 3. The van der Waals surface area contributed by atoms with Crippen molar-refractivity contribution in [1.82, 2.24) is 4.98 Å². The van der Waals surface area contributed by atoms with E-state index in [1.807, 2.05) is 0 Å². The summed E-state index contributed by atoms with van der Waals surface area (Å²) in [5.41, 5.74) is 5.63. The number of halogens is 1. The molecular formula is C8H11FN2O. The van der Waals surface area contributed by atoms with E-state index >= 15 is 0 Å². The van der Waals surface area contributed by atoms with Crippen LogP contribution in [-0.2, 0) is 6.42 Å². The van der Waals surface area contributed by atoms with Gasteiger partial charge in [-0.15, -0.1) is 0 Å². The van der Waals surface area contributed by atoms with Crippen LogP contribution in [0.15, 0.2) is 18.5 Å². The van der Waals surface area contributed by atoms with Crippen LogP contribution < -0.4 is 5.73 Å². The van der Waals surface area contributed by atoms with Gasteiger partial charge in [0.2, 0.25) is 0 Å². The van der Waals surface area contributed by atoms with Gasteiger partial charge in [-0.25, -0.2) is 4.39 Å². The Bertz CT molecular complexity index is 255. The summed E-state index contributed by atoms with van der Waals surface area (Å²) in [6.45, 7) is 0.141. The monoisotopic (exact) mass is 170 g/mol. The van der Waals surface area contributed by atoms with E-state index in [2.05, 4.69) is 4.98 Å². The van der Waals surface area contributed by atoms with E-state index in [1.54, 1.807) is 0 Å². The molecule has 0 aliphatic carbocycles. The lowest BCUT2D eigenvalue weighted by atomic mass is 10.1. The van der Waals surface area contributed by atoms with Crippen molar-refractivity contribution in [2.45, 2.75) is 12.5 Å². The van der Waals surface area contributed by atoms with Gasteiger partial charge in [0.1, 0.15) is 5.82 Å². The summed E-state index contributed by atoms with van der Waals surface area (Å²) in [6, 6.07) is 1.54. The Morgan fingerprint density at radius 2 is 2.42 bits per heavy atom. The summed E-state index contributed by atoms with van der Waals surface area (Å²) in [6.07, 6.45) is 2.17. The third kappa shape index (κ3) is 2.25. The molecule has 0 bridgehead atoms. The number of aliphatic hydroxyl groups is 1. The third-order valence-corrected chi connectivity index (χ3v) is 1.58. The fourth-order valence-corrected chi connectivity index (χ4v) is 0.907. The molecule has 0 aromatic carbocycles. The summed E-state index contributed by atoms with van der Waals surface area (Å²) in [5.74, 6) is -0.398. The van der Waals surface area contributed by atoms with Gasteiger partial charge in [0, 0.05) is 19.2 Å². The Morgan fingerprint density at radius 3 is 3.00 bits per heavy atom. The zero-order valence-electron chi connectivity index (χ0n) is 6.57. The Balaban J connectivity index is 2.69. The second-order valence-corrected chi connectivity index (χ2v) is 2.56. The zero-order valence-corrected chi connectivity index (χ0v) is 6.57. The maximum atomic E-state index is 12.9. The van der Waals surface area contributed by atoms with Crippen LogP contribution in [0.1, 0.15) is 5.56 Å². The van der Waals surface area contributed by atoms with Crippen molar-refractivity contribution in [3.8, 4) is 0 Å². The quantitative estimate of drug-likeness (QED) is 0.675.